The Morgan fingerprint density at radius 1 is 1.14 bits per heavy atom. The molecule has 1 nitrogen and oxygen atoms in total. The van der Waals surface area contributed by atoms with Gasteiger partial charge in [0.05, 0.1) is 3.79 Å². The summed E-state index contributed by atoms with van der Waals surface area (Å²) in [5.74, 6) is 0. The lowest BCUT2D eigenvalue weighted by molar-refractivity contribution is 1.25. The Bertz CT molecular complexity index is 436. The minimum atomic E-state index is 0.872. The standard InChI is InChI=1S/C11H10BrNS/c12-11-6-5-9(14-11)7-8-3-1-2-4-10(8)13/h1-6H,7,13H2. The van der Waals surface area contributed by atoms with Gasteiger partial charge in [0.2, 0.25) is 0 Å². The second-order valence-corrected chi connectivity index (χ2v) is 5.63. The summed E-state index contributed by atoms with van der Waals surface area (Å²) in [6, 6.07) is 12.2. The fraction of sp³-hybridized carbons (Fsp3) is 0.0909. The summed E-state index contributed by atoms with van der Waals surface area (Å²) >= 11 is 5.20. The normalized spacial score (nSPS) is 10.4. The molecule has 0 atom stereocenters. The molecule has 3 heteroatoms. The molecule has 0 unspecified atom stereocenters. The predicted octanol–water partition coefficient (Wildman–Crippen LogP) is 3.68. The summed E-state index contributed by atoms with van der Waals surface area (Å²) < 4.78 is 1.17. The van der Waals surface area contributed by atoms with Gasteiger partial charge < -0.3 is 5.73 Å². The third-order valence-electron chi connectivity index (χ3n) is 2.05. The third kappa shape index (κ3) is 2.16. The molecule has 72 valence electrons. The van der Waals surface area contributed by atoms with Gasteiger partial charge in [0, 0.05) is 17.0 Å². The van der Waals surface area contributed by atoms with Crippen molar-refractivity contribution in [3.05, 3.63) is 50.6 Å². The quantitative estimate of drug-likeness (QED) is 0.826. The molecule has 2 rings (SSSR count). The van der Waals surface area contributed by atoms with E-state index < -0.39 is 0 Å². The molecule has 1 aromatic carbocycles. The Labute approximate surface area is 95.7 Å². The van der Waals surface area contributed by atoms with Crippen LogP contribution in [0.4, 0.5) is 5.69 Å². The van der Waals surface area contributed by atoms with E-state index in [9.17, 15) is 0 Å². The maximum Gasteiger partial charge on any atom is 0.0701 e. The lowest BCUT2D eigenvalue weighted by Gasteiger charge is -2.02. The van der Waals surface area contributed by atoms with Crippen LogP contribution in [0.1, 0.15) is 10.4 Å². The SMILES string of the molecule is Nc1ccccc1Cc1ccc(Br)s1. The number of benzene rings is 1. The first-order valence-corrected chi connectivity index (χ1v) is 5.94. The van der Waals surface area contributed by atoms with Crippen LogP contribution in [0.15, 0.2) is 40.2 Å². The monoisotopic (exact) mass is 267 g/mol. The van der Waals surface area contributed by atoms with Gasteiger partial charge in [-0.25, -0.2) is 0 Å². The Hall–Kier alpha value is -0.800. The zero-order valence-corrected chi connectivity index (χ0v) is 9.94. The van der Waals surface area contributed by atoms with Crippen molar-refractivity contribution < 1.29 is 0 Å². The molecule has 0 bridgehead atoms. The molecule has 2 N–H and O–H groups in total. The molecular formula is C11H10BrNS. The number of nitrogen functional groups attached to an aromatic ring is 1. The van der Waals surface area contributed by atoms with E-state index in [2.05, 4.69) is 34.1 Å². The van der Waals surface area contributed by atoms with Crippen LogP contribution < -0.4 is 5.73 Å². The molecule has 0 saturated carbocycles. The number of thiophene rings is 1. The van der Waals surface area contributed by atoms with Crippen molar-refractivity contribution >= 4 is 33.0 Å². The van der Waals surface area contributed by atoms with Crippen LogP contribution in [0, 0.1) is 0 Å². The van der Waals surface area contributed by atoms with Crippen molar-refractivity contribution in [2.45, 2.75) is 6.42 Å². The zero-order chi connectivity index (χ0) is 9.97. The Morgan fingerprint density at radius 3 is 2.57 bits per heavy atom. The molecular weight excluding hydrogens is 258 g/mol. The van der Waals surface area contributed by atoms with Crippen molar-refractivity contribution in [2.75, 3.05) is 5.73 Å². The first kappa shape index (κ1) is 9.74. The van der Waals surface area contributed by atoms with Crippen LogP contribution in [0.3, 0.4) is 0 Å². The van der Waals surface area contributed by atoms with Gasteiger partial charge in [-0.05, 0) is 39.7 Å². The summed E-state index contributed by atoms with van der Waals surface area (Å²) in [6.07, 6.45) is 0.920. The van der Waals surface area contributed by atoms with Crippen LogP contribution in [0.2, 0.25) is 0 Å². The third-order valence-corrected chi connectivity index (χ3v) is 3.67. The van der Waals surface area contributed by atoms with E-state index >= 15 is 0 Å². The highest BCUT2D eigenvalue weighted by Crippen LogP contribution is 2.25. The smallest absolute Gasteiger partial charge is 0.0701 e. The number of para-hydroxylation sites is 1. The second-order valence-electron chi connectivity index (χ2n) is 3.08. The van der Waals surface area contributed by atoms with Gasteiger partial charge in [-0.3, -0.25) is 0 Å². The van der Waals surface area contributed by atoms with E-state index in [0.29, 0.717) is 0 Å². The van der Waals surface area contributed by atoms with E-state index in [1.54, 1.807) is 11.3 Å². The summed E-state index contributed by atoms with van der Waals surface area (Å²) in [5, 5.41) is 0. The van der Waals surface area contributed by atoms with Crippen LogP contribution in [-0.4, -0.2) is 0 Å². The maximum absolute atomic E-state index is 5.87. The molecule has 2 aromatic rings. The lowest BCUT2D eigenvalue weighted by Crippen LogP contribution is -1.93. The number of nitrogens with two attached hydrogens (primary N) is 1. The fourth-order valence-corrected chi connectivity index (χ4v) is 2.84. The van der Waals surface area contributed by atoms with Crippen molar-refractivity contribution in [3.8, 4) is 0 Å². The van der Waals surface area contributed by atoms with Crippen molar-refractivity contribution in [2.24, 2.45) is 0 Å². The van der Waals surface area contributed by atoms with Crippen molar-refractivity contribution in [1.29, 1.82) is 0 Å². The van der Waals surface area contributed by atoms with Gasteiger partial charge in [0.25, 0.3) is 0 Å². The van der Waals surface area contributed by atoms with E-state index in [1.807, 2.05) is 18.2 Å². The zero-order valence-electron chi connectivity index (χ0n) is 7.53. The van der Waals surface area contributed by atoms with E-state index in [1.165, 1.54) is 14.2 Å². The Morgan fingerprint density at radius 2 is 1.93 bits per heavy atom. The Balaban J connectivity index is 2.23. The second kappa shape index (κ2) is 4.15. The molecule has 0 amide bonds. The first-order chi connectivity index (χ1) is 6.75. The molecule has 0 fully saturated rings. The minimum absolute atomic E-state index is 0.872. The largest absolute Gasteiger partial charge is 0.398 e. The number of rotatable bonds is 2. The number of halogens is 1. The number of hydrogen-bond acceptors (Lipinski definition) is 2. The molecule has 14 heavy (non-hydrogen) atoms. The van der Waals surface area contributed by atoms with Crippen LogP contribution in [0.5, 0.6) is 0 Å². The topological polar surface area (TPSA) is 26.0 Å². The summed E-state index contributed by atoms with van der Waals surface area (Å²) in [4.78, 5) is 1.33. The fourth-order valence-electron chi connectivity index (χ4n) is 1.33. The van der Waals surface area contributed by atoms with E-state index in [-0.39, 0.29) is 0 Å². The summed E-state index contributed by atoms with van der Waals surface area (Å²) in [6.45, 7) is 0. The van der Waals surface area contributed by atoms with Gasteiger partial charge in [-0.15, -0.1) is 11.3 Å². The molecule has 0 radical (unpaired) electrons. The van der Waals surface area contributed by atoms with Crippen LogP contribution in [-0.2, 0) is 6.42 Å². The predicted molar refractivity (Wildman–Crippen MR) is 65.7 cm³/mol. The number of hydrogen-bond donors (Lipinski definition) is 1. The van der Waals surface area contributed by atoms with Gasteiger partial charge in [0.1, 0.15) is 0 Å². The van der Waals surface area contributed by atoms with Gasteiger partial charge in [-0.2, -0.15) is 0 Å². The molecule has 0 saturated heterocycles. The van der Waals surface area contributed by atoms with Gasteiger partial charge in [0.15, 0.2) is 0 Å². The highest BCUT2D eigenvalue weighted by Gasteiger charge is 2.01. The summed E-state index contributed by atoms with van der Waals surface area (Å²) in [5.41, 5.74) is 7.94. The minimum Gasteiger partial charge on any atom is -0.398 e. The molecule has 1 aromatic heterocycles. The highest BCUT2D eigenvalue weighted by atomic mass is 79.9. The molecule has 0 aliphatic rings. The molecule has 0 spiro atoms. The number of anilines is 1. The van der Waals surface area contributed by atoms with Crippen molar-refractivity contribution in [1.82, 2.24) is 0 Å². The lowest BCUT2D eigenvalue weighted by atomic mass is 10.1. The molecule has 1 heterocycles. The average Bonchev–Trinajstić information content (AvgIpc) is 2.56. The van der Waals surface area contributed by atoms with Gasteiger partial charge in [-0.1, -0.05) is 18.2 Å². The van der Waals surface area contributed by atoms with Crippen LogP contribution in [0.25, 0.3) is 0 Å². The maximum atomic E-state index is 5.87. The average molecular weight is 268 g/mol. The first-order valence-electron chi connectivity index (χ1n) is 4.33. The van der Waals surface area contributed by atoms with E-state index in [0.717, 1.165) is 12.1 Å². The molecule has 0 aliphatic carbocycles. The van der Waals surface area contributed by atoms with E-state index in [4.69, 9.17) is 5.73 Å². The Kier molecular flexibility index (Phi) is 2.89. The summed E-state index contributed by atoms with van der Waals surface area (Å²) in [7, 11) is 0. The van der Waals surface area contributed by atoms with Gasteiger partial charge >= 0.3 is 0 Å². The molecule has 0 aliphatic heterocycles. The van der Waals surface area contributed by atoms with Crippen LogP contribution >= 0.6 is 27.3 Å². The highest BCUT2D eigenvalue weighted by molar-refractivity contribution is 9.11. The van der Waals surface area contributed by atoms with Crippen molar-refractivity contribution in [3.63, 3.8) is 0 Å².